The van der Waals surface area contributed by atoms with Crippen LogP contribution in [0.15, 0.2) is 18.2 Å². The fraction of sp³-hybridized carbons (Fsp3) is 0.571. The fourth-order valence-electron chi connectivity index (χ4n) is 3.02. The van der Waals surface area contributed by atoms with E-state index in [0.29, 0.717) is 0 Å². The SMILES string of the molecule is Cc1ccc2c(c1)[C@@H](N)CC1(CCNCC1)O2. The monoisotopic (exact) mass is 232 g/mol. The van der Waals surface area contributed by atoms with Crippen LogP contribution >= 0.6 is 0 Å². The number of aryl methyl sites for hydroxylation is 1. The largest absolute Gasteiger partial charge is 0.487 e. The predicted octanol–water partition coefficient (Wildman–Crippen LogP) is 1.90. The molecule has 1 spiro atoms. The lowest BCUT2D eigenvalue weighted by atomic mass is 9.81. The molecular formula is C14H20N2O. The maximum Gasteiger partial charge on any atom is 0.124 e. The smallest absolute Gasteiger partial charge is 0.124 e. The Bertz CT molecular complexity index is 424. The molecule has 3 rings (SSSR count). The minimum atomic E-state index is -0.0209. The van der Waals surface area contributed by atoms with Crippen molar-refractivity contribution in [3.63, 3.8) is 0 Å². The second-order valence-corrected chi connectivity index (χ2v) is 5.39. The number of rotatable bonds is 0. The Balaban J connectivity index is 1.94. The van der Waals surface area contributed by atoms with Crippen LogP contribution in [0.4, 0.5) is 0 Å². The van der Waals surface area contributed by atoms with Gasteiger partial charge in [0.2, 0.25) is 0 Å². The number of piperidine rings is 1. The van der Waals surface area contributed by atoms with E-state index >= 15 is 0 Å². The average molecular weight is 232 g/mol. The van der Waals surface area contributed by atoms with Gasteiger partial charge in [-0.2, -0.15) is 0 Å². The highest BCUT2D eigenvalue weighted by Crippen LogP contribution is 2.42. The maximum atomic E-state index is 6.32. The first-order valence-electron chi connectivity index (χ1n) is 6.44. The molecule has 0 saturated carbocycles. The van der Waals surface area contributed by atoms with Crippen LogP contribution in [0.1, 0.15) is 36.4 Å². The van der Waals surface area contributed by atoms with E-state index in [-0.39, 0.29) is 11.6 Å². The molecule has 0 radical (unpaired) electrons. The first kappa shape index (κ1) is 11.1. The second kappa shape index (κ2) is 4.00. The summed E-state index contributed by atoms with van der Waals surface area (Å²) in [6, 6.07) is 6.46. The zero-order valence-electron chi connectivity index (χ0n) is 10.3. The van der Waals surface area contributed by atoms with Gasteiger partial charge >= 0.3 is 0 Å². The molecule has 3 nitrogen and oxygen atoms in total. The fourth-order valence-corrected chi connectivity index (χ4v) is 3.02. The van der Waals surface area contributed by atoms with Gasteiger partial charge in [0.05, 0.1) is 0 Å². The molecule has 0 bridgehead atoms. The normalized spacial score (nSPS) is 26.4. The summed E-state index contributed by atoms with van der Waals surface area (Å²) in [6.07, 6.45) is 3.08. The number of nitrogens with one attached hydrogen (secondary N) is 1. The lowest BCUT2D eigenvalue weighted by Gasteiger charge is -2.44. The summed E-state index contributed by atoms with van der Waals surface area (Å²) < 4.78 is 6.27. The van der Waals surface area contributed by atoms with Crippen LogP contribution in [0.2, 0.25) is 0 Å². The molecule has 1 fully saturated rings. The van der Waals surface area contributed by atoms with Gasteiger partial charge in [-0.3, -0.25) is 0 Å². The third kappa shape index (κ3) is 1.94. The lowest BCUT2D eigenvalue weighted by Crippen LogP contribution is -2.50. The number of benzene rings is 1. The number of hydrogen-bond acceptors (Lipinski definition) is 3. The van der Waals surface area contributed by atoms with Crippen LogP contribution < -0.4 is 15.8 Å². The van der Waals surface area contributed by atoms with E-state index in [2.05, 4.69) is 30.4 Å². The van der Waals surface area contributed by atoms with E-state index in [9.17, 15) is 0 Å². The predicted molar refractivity (Wildman–Crippen MR) is 68.2 cm³/mol. The zero-order valence-corrected chi connectivity index (χ0v) is 10.3. The van der Waals surface area contributed by atoms with Gasteiger partial charge in [0.15, 0.2) is 0 Å². The quantitative estimate of drug-likeness (QED) is 0.718. The molecule has 1 aromatic carbocycles. The molecule has 2 aliphatic rings. The minimum Gasteiger partial charge on any atom is -0.487 e. The van der Waals surface area contributed by atoms with E-state index in [1.54, 1.807) is 0 Å². The van der Waals surface area contributed by atoms with Crippen LogP contribution in [0.25, 0.3) is 0 Å². The first-order valence-corrected chi connectivity index (χ1v) is 6.44. The van der Waals surface area contributed by atoms with Crippen LogP contribution in [-0.4, -0.2) is 18.7 Å². The van der Waals surface area contributed by atoms with Crippen molar-refractivity contribution in [2.24, 2.45) is 5.73 Å². The molecule has 17 heavy (non-hydrogen) atoms. The van der Waals surface area contributed by atoms with Gasteiger partial charge in [-0.25, -0.2) is 0 Å². The van der Waals surface area contributed by atoms with E-state index in [1.807, 2.05) is 0 Å². The summed E-state index contributed by atoms with van der Waals surface area (Å²) in [6.45, 7) is 4.17. The Labute approximate surface area is 102 Å². The summed E-state index contributed by atoms with van der Waals surface area (Å²) >= 11 is 0. The summed E-state index contributed by atoms with van der Waals surface area (Å²) in [7, 11) is 0. The van der Waals surface area contributed by atoms with Crippen LogP contribution in [0.5, 0.6) is 5.75 Å². The van der Waals surface area contributed by atoms with Crippen molar-refractivity contribution in [3.05, 3.63) is 29.3 Å². The van der Waals surface area contributed by atoms with Gasteiger partial charge < -0.3 is 15.8 Å². The van der Waals surface area contributed by atoms with Gasteiger partial charge in [0.25, 0.3) is 0 Å². The molecule has 1 saturated heterocycles. The molecule has 2 heterocycles. The standard InChI is InChI=1S/C14H20N2O/c1-10-2-3-13-11(8-10)12(15)9-14(17-13)4-6-16-7-5-14/h2-3,8,12,16H,4-7,9,15H2,1H3/t12-/m0/s1. The Morgan fingerprint density at radius 3 is 2.88 bits per heavy atom. The van der Waals surface area contributed by atoms with Crippen molar-refractivity contribution in [1.82, 2.24) is 5.32 Å². The first-order chi connectivity index (χ1) is 8.19. The highest BCUT2D eigenvalue weighted by atomic mass is 16.5. The number of hydrogen-bond donors (Lipinski definition) is 2. The Hall–Kier alpha value is -1.06. The van der Waals surface area contributed by atoms with E-state index in [4.69, 9.17) is 10.5 Å². The van der Waals surface area contributed by atoms with Gasteiger partial charge in [-0.1, -0.05) is 17.7 Å². The van der Waals surface area contributed by atoms with E-state index < -0.39 is 0 Å². The van der Waals surface area contributed by atoms with Crippen molar-refractivity contribution in [1.29, 1.82) is 0 Å². The van der Waals surface area contributed by atoms with Crippen molar-refractivity contribution in [2.75, 3.05) is 13.1 Å². The Morgan fingerprint density at radius 2 is 2.12 bits per heavy atom. The van der Waals surface area contributed by atoms with E-state index in [0.717, 1.165) is 38.1 Å². The van der Waals surface area contributed by atoms with Gasteiger partial charge in [-0.15, -0.1) is 0 Å². The third-order valence-electron chi connectivity index (χ3n) is 4.00. The van der Waals surface area contributed by atoms with Crippen molar-refractivity contribution in [3.8, 4) is 5.75 Å². The van der Waals surface area contributed by atoms with Gasteiger partial charge in [-0.05, 0) is 38.9 Å². The summed E-state index contributed by atoms with van der Waals surface area (Å²) in [4.78, 5) is 0. The van der Waals surface area contributed by atoms with Gasteiger partial charge in [0.1, 0.15) is 11.4 Å². The average Bonchev–Trinajstić information content (AvgIpc) is 2.31. The molecule has 1 aromatic rings. The van der Waals surface area contributed by atoms with Crippen molar-refractivity contribution < 1.29 is 4.74 Å². The summed E-state index contributed by atoms with van der Waals surface area (Å²) in [5.74, 6) is 0.997. The summed E-state index contributed by atoms with van der Waals surface area (Å²) in [5.41, 5.74) is 8.73. The highest BCUT2D eigenvalue weighted by molar-refractivity contribution is 5.41. The van der Waals surface area contributed by atoms with E-state index in [1.165, 1.54) is 11.1 Å². The molecule has 3 heteroatoms. The molecule has 0 aromatic heterocycles. The Morgan fingerprint density at radius 1 is 1.35 bits per heavy atom. The molecule has 0 unspecified atom stereocenters. The molecule has 2 aliphatic heterocycles. The topological polar surface area (TPSA) is 47.3 Å². The lowest BCUT2D eigenvalue weighted by molar-refractivity contribution is 0.00790. The maximum absolute atomic E-state index is 6.32. The third-order valence-corrected chi connectivity index (χ3v) is 4.00. The number of nitrogens with two attached hydrogens (primary N) is 1. The summed E-state index contributed by atoms with van der Waals surface area (Å²) in [5, 5.41) is 3.38. The van der Waals surface area contributed by atoms with Crippen molar-refractivity contribution in [2.45, 2.75) is 37.8 Å². The van der Waals surface area contributed by atoms with Crippen molar-refractivity contribution >= 4 is 0 Å². The van der Waals surface area contributed by atoms with Crippen LogP contribution in [0.3, 0.4) is 0 Å². The van der Waals surface area contributed by atoms with Gasteiger partial charge in [0, 0.05) is 18.0 Å². The number of fused-ring (bicyclic) bond motifs is 1. The molecule has 3 N–H and O–H groups in total. The molecule has 92 valence electrons. The second-order valence-electron chi connectivity index (χ2n) is 5.39. The zero-order chi connectivity index (χ0) is 11.9. The molecule has 0 aliphatic carbocycles. The molecule has 0 amide bonds. The van der Waals surface area contributed by atoms with Crippen LogP contribution in [-0.2, 0) is 0 Å². The highest BCUT2D eigenvalue weighted by Gasteiger charge is 2.40. The number of ether oxygens (including phenoxy) is 1. The molecular weight excluding hydrogens is 212 g/mol. The molecule has 1 atom stereocenters. The minimum absolute atomic E-state index is 0.0209. The Kier molecular flexibility index (Phi) is 2.60. The van der Waals surface area contributed by atoms with Crippen LogP contribution in [0, 0.1) is 6.92 Å².